The van der Waals surface area contributed by atoms with Crippen molar-refractivity contribution in [1.82, 2.24) is 4.98 Å². The first kappa shape index (κ1) is 14.7. The second-order valence-corrected chi connectivity index (χ2v) is 5.90. The summed E-state index contributed by atoms with van der Waals surface area (Å²) in [6, 6.07) is 12.1. The Balaban J connectivity index is 1.92. The van der Waals surface area contributed by atoms with Gasteiger partial charge in [-0.05, 0) is 30.3 Å². The minimum atomic E-state index is -0.414. The predicted octanol–water partition coefficient (Wildman–Crippen LogP) is 4.49. The number of thiazole rings is 1. The van der Waals surface area contributed by atoms with Crippen LogP contribution in [0.15, 0.2) is 42.5 Å². The fourth-order valence-corrected chi connectivity index (χ4v) is 3.08. The maximum Gasteiger partial charge on any atom is 0.269 e. The number of nitro groups is 1. The fourth-order valence-electron chi connectivity index (χ4n) is 2.00. The molecule has 0 saturated carbocycles. The average molecular weight is 335 g/mol. The molecule has 0 bridgehead atoms. The first-order valence-corrected chi connectivity index (χ1v) is 7.86. The van der Waals surface area contributed by atoms with Gasteiger partial charge in [0.2, 0.25) is 0 Å². The number of nitro benzene ring substituents is 1. The summed E-state index contributed by atoms with van der Waals surface area (Å²) in [4.78, 5) is 14.8. The second-order valence-electron chi connectivity index (χ2n) is 4.49. The lowest BCUT2D eigenvalue weighted by Crippen LogP contribution is -1.97. The monoisotopic (exact) mass is 334 g/mol. The molecule has 0 aliphatic heterocycles. The van der Waals surface area contributed by atoms with E-state index in [2.05, 4.69) is 4.98 Å². The third kappa shape index (κ3) is 3.03. The fraction of sp³-hybridized carbons (Fsp3) is 0.133. The van der Waals surface area contributed by atoms with Crippen molar-refractivity contribution >= 4 is 38.8 Å². The lowest BCUT2D eigenvalue weighted by molar-refractivity contribution is -0.384. The van der Waals surface area contributed by atoms with Crippen molar-refractivity contribution in [2.45, 2.75) is 0 Å². The van der Waals surface area contributed by atoms with Crippen molar-refractivity contribution in [3.63, 3.8) is 0 Å². The normalized spacial score (nSPS) is 10.8. The number of alkyl halides is 1. The van der Waals surface area contributed by atoms with E-state index in [1.165, 1.54) is 23.5 Å². The highest BCUT2D eigenvalue weighted by Crippen LogP contribution is 2.33. The second kappa shape index (κ2) is 6.29. The Hall–Kier alpha value is -2.18. The van der Waals surface area contributed by atoms with E-state index in [0.29, 0.717) is 12.5 Å². The molecule has 2 aromatic carbocycles. The SMILES string of the molecule is O=[N+]([O-])c1ccc(-c2nc3ccc(OCCCl)cc3s2)cc1. The number of benzene rings is 2. The Morgan fingerprint density at radius 1 is 1.23 bits per heavy atom. The topological polar surface area (TPSA) is 65.3 Å². The van der Waals surface area contributed by atoms with Crippen LogP contribution >= 0.6 is 22.9 Å². The van der Waals surface area contributed by atoms with Gasteiger partial charge in [-0.1, -0.05) is 0 Å². The summed E-state index contributed by atoms with van der Waals surface area (Å²) in [5.41, 5.74) is 1.80. The molecule has 0 N–H and O–H groups in total. The Morgan fingerprint density at radius 2 is 2.00 bits per heavy atom. The van der Waals surface area contributed by atoms with Gasteiger partial charge in [-0.15, -0.1) is 22.9 Å². The van der Waals surface area contributed by atoms with Crippen LogP contribution in [0.2, 0.25) is 0 Å². The summed E-state index contributed by atoms with van der Waals surface area (Å²) in [6.07, 6.45) is 0. The van der Waals surface area contributed by atoms with Gasteiger partial charge in [0.15, 0.2) is 0 Å². The van der Waals surface area contributed by atoms with Gasteiger partial charge < -0.3 is 4.74 Å². The lowest BCUT2D eigenvalue weighted by atomic mass is 10.2. The Morgan fingerprint density at radius 3 is 2.68 bits per heavy atom. The zero-order chi connectivity index (χ0) is 15.5. The molecule has 0 aliphatic rings. The minimum absolute atomic E-state index is 0.0709. The van der Waals surface area contributed by atoms with Crippen LogP contribution in [0.5, 0.6) is 5.75 Å². The number of rotatable bonds is 5. The van der Waals surface area contributed by atoms with Gasteiger partial charge in [-0.25, -0.2) is 4.98 Å². The number of ether oxygens (including phenoxy) is 1. The molecular formula is C15H11ClN2O3S. The first-order chi connectivity index (χ1) is 10.7. The molecule has 0 amide bonds. The van der Waals surface area contributed by atoms with Crippen LogP contribution in [-0.2, 0) is 0 Å². The van der Waals surface area contributed by atoms with E-state index in [1.807, 2.05) is 18.2 Å². The largest absolute Gasteiger partial charge is 0.492 e. The molecule has 5 nitrogen and oxygen atoms in total. The molecule has 112 valence electrons. The number of nitrogens with zero attached hydrogens (tertiary/aromatic N) is 2. The van der Waals surface area contributed by atoms with Crippen LogP contribution < -0.4 is 4.74 Å². The van der Waals surface area contributed by atoms with Crippen molar-refractivity contribution in [3.05, 3.63) is 52.6 Å². The average Bonchev–Trinajstić information content (AvgIpc) is 2.96. The van der Waals surface area contributed by atoms with Crippen molar-refractivity contribution in [3.8, 4) is 16.3 Å². The third-order valence-electron chi connectivity index (χ3n) is 3.03. The van der Waals surface area contributed by atoms with Gasteiger partial charge in [0, 0.05) is 17.7 Å². The van der Waals surface area contributed by atoms with E-state index in [9.17, 15) is 10.1 Å². The van der Waals surface area contributed by atoms with Gasteiger partial charge >= 0.3 is 0 Å². The highest BCUT2D eigenvalue weighted by Gasteiger charge is 2.10. The van der Waals surface area contributed by atoms with Gasteiger partial charge in [0.05, 0.1) is 21.0 Å². The number of fused-ring (bicyclic) bond motifs is 1. The summed E-state index contributed by atoms with van der Waals surface area (Å²) in [6.45, 7) is 0.459. The number of non-ortho nitro benzene ring substituents is 1. The van der Waals surface area contributed by atoms with Crippen molar-refractivity contribution < 1.29 is 9.66 Å². The zero-order valence-electron chi connectivity index (χ0n) is 11.4. The molecule has 0 atom stereocenters. The molecule has 0 unspecified atom stereocenters. The molecule has 7 heteroatoms. The number of halogens is 1. The highest BCUT2D eigenvalue weighted by molar-refractivity contribution is 7.21. The first-order valence-electron chi connectivity index (χ1n) is 6.51. The molecule has 1 heterocycles. The summed E-state index contributed by atoms with van der Waals surface area (Å²) in [5.74, 6) is 1.20. The predicted molar refractivity (Wildman–Crippen MR) is 87.9 cm³/mol. The maximum absolute atomic E-state index is 10.7. The van der Waals surface area contributed by atoms with Gasteiger partial charge in [0.1, 0.15) is 17.4 Å². The van der Waals surface area contributed by atoms with Gasteiger partial charge in [-0.2, -0.15) is 0 Å². The standard InChI is InChI=1S/C15H11ClN2O3S/c16-7-8-21-12-5-6-13-14(9-12)22-15(17-13)10-1-3-11(4-2-10)18(19)20/h1-6,9H,7-8H2. The van der Waals surface area contributed by atoms with Crippen LogP contribution in [-0.4, -0.2) is 22.4 Å². The van der Waals surface area contributed by atoms with Crippen molar-refractivity contribution in [1.29, 1.82) is 0 Å². The van der Waals surface area contributed by atoms with Crippen LogP contribution in [0, 0.1) is 10.1 Å². The molecule has 0 fully saturated rings. The number of aromatic nitrogens is 1. The summed E-state index contributed by atoms with van der Waals surface area (Å²) >= 11 is 7.12. The zero-order valence-corrected chi connectivity index (χ0v) is 12.9. The molecule has 0 aliphatic carbocycles. The van der Waals surface area contributed by atoms with E-state index in [-0.39, 0.29) is 5.69 Å². The summed E-state index contributed by atoms with van der Waals surface area (Å²) < 4.78 is 6.49. The van der Waals surface area contributed by atoms with E-state index in [1.54, 1.807) is 12.1 Å². The highest BCUT2D eigenvalue weighted by atomic mass is 35.5. The molecule has 22 heavy (non-hydrogen) atoms. The molecular weight excluding hydrogens is 324 g/mol. The summed E-state index contributed by atoms with van der Waals surface area (Å²) in [5, 5.41) is 11.5. The summed E-state index contributed by atoms with van der Waals surface area (Å²) in [7, 11) is 0. The van der Waals surface area contributed by atoms with Gasteiger partial charge in [-0.3, -0.25) is 10.1 Å². The Bertz CT molecular complexity index is 817. The van der Waals surface area contributed by atoms with Gasteiger partial charge in [0.25, 0.3) is 5.69 Å². The Labute approximate surface area is 135 Å². The van der Waals surface area contributed by atoms with Crippen LogP contribution in [0.25, 0.3) is 20.8 Å². The van der Waals surface area contributed by atoms with E-state index < -0.39 is 4.92 Å². The Kier molecular flexibility index (Phi) is 4.22. The van der Waals surface area contributed by atoms with Crippen LogP contribution in [0.4, 0.5) is 5.69 Å². The molecule has 1 aromatic heterocycles. The maximum atomic E-state index is 10.7. The van der Waals surface area contributed by atoms with E-state index >= 15 is 0 Å². The minimum Gasteiger partial charge on any atom is -0.492 e. The lowest BCUT2D eigenvalue weighted by Gasteiger charge is -2.02. The third-order valence-corrected chi connectivity index (χ3v) is 4.25. The van der Waals surface area contributed by atoms with E-state index in [0.717, 1.165) is 26.5 Å². The number of hydrogen-bond donors (Lipinski definition) is 0. The quantitative estimate of drug-likeness (QED) is 0.392. The molecule has 0 saturated heterocycles. The smallest absolute Gasteiger partial charge is 0.269 e. The molecule has 3 aromatic rings. The molecule has 0 spiro atoms. The molecule has 0 radical (unpaired) electrons. The number of hydrogen-bond acceptors (Lipinski definition) is 5. The van der Waals surface area contributed by atoms with Crippen LogP contribution in [0.1, 0.15) is 0 Å². The molecule has 3 rings (SSSR count). The van der Waals surface area contributed by atoms with Crippen LogP contribution in [0.3, 0.4) is 0 Å². The van der Waals surface area contributed by atoms with Crippen molar-refractivity contribution in [2.24, 2.45) is 0 Å². The van der Waals surface area contributed by atoms with E-state index in [4.69, 9.17) is 16.3 Å². The van der Waals surface area contributed by atoms with Crippen molar-refractivity contribution in [2.75, 3.05) is 12.5 Å².